The smallest absolute Gasteiger partial charge is 0.346 e. The lowest BCUT2D eigenvalue weighted by Crippen LogP contribution is -2.37. The summed E-state index contributed by atoms with van der Waals surface area (Å²) >= 11 is 0. The van der Waals surface area contributed by atoms with Gasteiger partial charge in [-0.05, 0) is 38.8 Å². The van der Waals surface area contributed by atoms with Gasteiger partial charge in [-0.3, -0.25) is 14.3 Å². The van der Waals surface area contributed by atoms with Gasteiger partial charge in [-0.15, -0.1) is 9.05 Å². The summed E-state index contributed by atoms with van der Waals surface area (Å²) in [5.41, 5.74) is 1.38. The molecule has 2 aliphatic heterocycles. The molecule has 1 N–H and O–H groups in total. The van der Waals surface area contributed by atoms with E-state index in [1.165, 1.54) is 38.6 Å². The number of ether oxygens (including phenoxy) is 3. The van der Waals surface area contributed by atoms with E-state index in [4.69, 9.17) is 23.3 Å². The van der Waals surface area contributed by atoms with Crippen LogP contribution in [-0.2, 0) is 34.4 Å². The van der Waals surface area contributed by atoms with Crippen molar-refractivity contribution >= 4 is 30.1 Å². The van der Waals surface area contributed by atoms with Crippen molar-refractivity contribution in [2.24, 2.45) is 0 Å². The number of para-hydroxylation sites is 2. The molecule has 12 heteroatoms. The summed E-state index contributed by atoms with van der Waals surface area (Å²) in [7, 11) is -2.36. The van der Waals surface area contributed by atoms with Crippen molar-refractivity contribution in [3.8, 4) is 0 Å². The van der Waals surface area contributed by atoms with E-state index in [2.05, 4.69) is 58.1 Å². The molecule has 0 radical (unpaired) electrons. The number of rotatable bonds is 12. The molecule has 1 unspecified atom stereocenters. The monoisotopic (exact) mass is 596 g/mol. The molecule has 0 bridgehead atoms. The molecule has 222 valence electrons. The minimum Gasteiger partial charge on any atom is -0.346 e. The number of H-pyrrole nitrogens is 1. The molecule has 5 atom stereocenters. The van der Waals surface area contributed by atoms with Crippen LogP contribution in [0.4, 0.5) is 0 Å². The number of nitrogens with zero attached hydrogens (tertiary/aromatic N) is 2. The van der Waals surface area contributed by atoms with Crippen molar-refractivity contribution in [2.45, 2.75) is 76.4 Å². The SMILES string of the molecule is CC1(C)O[C@@H]2[C@H](O1)[C@@H](CO[P+](=O)OCCCCCCn1c3ccccc3c3ccccc31)O[C@H]2n1ccc(=O)[nH]c1=O. The van der Waals surface area contributed by atoms with E-state index >= 15 is 0 Å². The largest absolute Gasteiger partial charge is 0.697 e. The van der Waals surface area contributed by atoms with E-state index in [0.29, 0.717) is 6.61 Å². The molecule has 0 saturated carbocycles. The minimum atomic E-state index is -2.36. The Hall–Kier alpha value is -3.18. The van der Waals surface area contributed by atoms with Crippen LogP contribution in [0.15, 0.2) is 70.4 Å². The average molecular weight is 597 g/mol. The Morgan fingerprint density at radius 1 is 0.881 bits per heavy atom. The van der Waals surface area contributed by atoms with Crippen molar-refractivity contribution in [1.82, 2.24) is 14.1 Å². The van der Waals surface area contributed by atoms with Crippen molar-refractivity contribution in [2.75, 3.05) is 13.2 Å². The highest BCUT2D eigenvalue weighted by molar-refractivity contribution is 7.33. The Bertz CT molecular complexity index is 1640. The van der Waals surface area contributed by atoms with Gasteiger partial charge in [0.05, 0.1) is 0 Å². The lowest BCUT2D eigenvalue weighted by molar-refractivity contribution is -0.199. The van der Waals surface area contributed by atoms with E-state index in [9.17, 15) is 14.2 Å². The fourth-order valence-electron chi connectivity index (χ4n) is 5.93. The molecule has 2 aromatic heterocycles. The maximum atomic E-state index is 12.4. The number of hydrogen-bond acceptors (Lipinski definition) is 8. The van der Waals surface area contributed by atoms with Gasteiger partial charge in [0.15, 0.2) is 12.0 Å². The molecule has 6 rings (SSSR count). The van der Waals surface area contributed by atoms with E-state index in [1.54, 1.807) is 13.8 Å². The number of benzene rings is 2. The van der Waals surface area contributed by atoms with E-state index < -0.39 is 49.8 Å². The first-order valence-corrected chi connectivity index (χ1v) is 15.4. The highest BCUT2D eigenvalue weighted by atomic mass is 31.1. The molecule has 4 heterocycles. The van der Waals surface area contributed by atoms with E-state index in [1.807, 2.05) is 0 Å². The first kappa shape index (κ1) is 28.9. The maximum absolute atomic E-state index is 12.4. The molecule has 2 aliphatic rings. The standard InChI is InChI=1S/C30H34N3O8P/c1-30(2)40-26-24(39-28(27(26)41-30)33-17-15-25(34)31-29(33)35)19-38-42(36)37-18-10-4-3-9-16-32-22-13-7-5-11-20(22)21-12-6-8-14-23(21)32/h5-8,11-15,17,24,26-28H,3-4,9-10,16,18-19H2,1-2H3/p+1/t24-,26-,27-,28-/m1/s1. The van der Waals surface area contributed by atoms with Gasteiger partial charge < -0.3 is 18.8 Å². The third-order valence-corrected chi connectivity index (χ3v) is 8.50. The van der Waals surface area contributed by atoms with Gasteiger partial charge in [0, 0.05) is 45.2 Å². The van der Waals surface area contributed by atoms with Gasteiger partial charge in [0.1, 0.15) is 31.5 Å². The first-order valence-electron chi connectivity index (χ1n) is 14.3. The van der Waals surface area contributed by atoms with Gasteiger partial charge in [-0.1, -0.05) is 49.2 Å². The predicted molar refractivity (Wildman–Crippen MR) is 156 cm³/mol. The summed E-state index contributed by atoms with van der Waals surface area (Å²) in [4.78, 5) is 26.1. The third kappa shape index (κ3) is 5.99. The van der Waals surface area contributed by atoms with Crippen LogP contribution in [0.5, 0.6) is 0 Å². The number of nitrogens with one attached hydrogen (secondary N) is 1. The maximum Gasteiger partial charge on any atom is 0.697 e. The lowest BCUT2D eigenvalue weighted by Gasteiger charge is -2.24. The van der Waals surface area contributed by atoms with Crippen LogP contribution in [0.2, 0.25) is 0 Å². The number of aromatic nitrogens is 3. The van der Waals surface area contributed by atoms with Crippen LogP contribution in [-0.4, -0.2) is 51.4 Å². The average Bonchev–Trinajstić information content (AvgIpc) is 3.58. The summed E-state index contributed by atoms with van der Waals surface area (Å²) in [6.07, 6.45) is 2.48. The first-order chi connectivity index (χ1) is 20.3. The molecule has 2 fully saturated rings. The Morgan fingerprint density at radius 2 is 1.55 bits per heavy atom. The summed E-state index contributed by atoms with van der Waals surface area (Å²) in [6, 6.07) is 18.3. The molecular formula is C30H35N3O8P+. The summed E-state index contributed by atoms with van der Waals surface area (Å²) < 4.78 is 45.0. The second-order valence-electron chi connectivity index (χ2n) is 11.1. The Morgan fingerprint density at radius 3 is 2.26 bits per heavy atom. The second kappa shape index (κ2) is 12.2. The Balaban J connectivity index is 0.945. The number of unbranched alkanes of at least 4 members (excludes halogenated alkanes) is 3. The molecule has 0 aliphatic carbocycles. The fraction of sp³-hybridized carbons (Fsp3) is 0.467. The molecule has 11 nitrogen and oxygen atoms in total. The second-order valence-corrected chi connectivity index (χ2v) is 12.1. The highest BCUT2D eigenvalue weighted by Gasteiger charge is 2.56. The van der Waals surface area contributed by atoms with Crippen LogP contribution in [0.3, 0.4) is 0 Å². The zero-order chi connectivity index (χ0) is 29.3. The fourth-order valence-corrected chi connectivity index (χ4v) is 6.55. The van der Waals surface area contributed by atoms with Crippen LogP contribution >= 0.6 is 8.25 Å². The number of aryl methyl sites for hydroxylation is 1. The van der Waals surface area contributed by atoms with E-state index in [-0.39, 0.29) is 6.61 Å². The quantitative estimate of drug-likeness (QED) is 0.179. The van der Waals surface area contributed by atoms with Gasteiger partial charge in [-0.2, -0.15) is 0 Å². The van der Waals surface area contributed by atoms with Gasteiger partial charge in [0.2, 0.25) is 0 Å². The summed E-state index contributed by atoms with van der Waals surface area (Å²) in [5.74, 6) is -0.901. The lowest BCUT2D eigenvalue weighted by atomic mass is 10.1. The van der Waals surface area contributed by atoms with Crippen LogP contribution in [0.1, 0.15) is 45.8 Å². The minimum absolute atomic E-state index is 0.0663. The van der Waals surface area contributed by atoms with Crippen molar-refractivity contribution in [3.05, 3.63) is 81.6 Å². The molecule has 2 aromatic carbocycles. The third-order valence-electron chi connectivity index (χ3n) is 7.75. The highest BCUT2D eigenvalue weighted by Crippen LogP contribution is 2.43. The van der Waals surface area contributed by atoms with Crippen LogP contribution < -0.4 is 11.2 Å². The number of fused-ring (bicyclic) bond motifs is 4. The predicted octanol–water partition coefficient (Wildman–Crippen LogP) is 5.01. The molecule has 0 spiro atoms. The van der Waals surface area contributed by atoms with Gasteiger partial charge in [-0.25, -0.2) is 4.79 Å². The van der Waals surface area contributed by atoms with Crippen molar-refractivity contribution in [1.29, 1.82) is 0 Å². The summed E-state index contributed by atoms with van der Waals surface area (Å²) in [5, 5.41) is 2.56. The van der Waals surface area contributed by atoms with Crippen LogP contribution in [0, 0.1) is 0 Å². The van der Waals surface area contributed by atoms with Gasteiger partial charge in [0.25, 0.3) is 5.56 Å². The number of hydrogen-bond donors (Lipinski definition) is 1. The molecule has 2 saturated heterocycles. The molecule has 0 amide bonds. The Labute approximate surface area is 243 Å². The summed E-state index contributed by atoms with van der Waals surface area (Å²) in [6.45, 7) is 4.73. The normalized spacial score (nSPS) is 23.5. The zero-order valence-electron chi connectivity index (χ0n) is 23.6. The molecular weight excluding hydrogens is 561 g/mol. The zero-order valence-corrected chi connectivity index (χ0v) is 24.5. The van der Waals surface area contributed by atoms with Gasteiger partial charge >= 0.3 is 13.9 Å². The van der Waals surface area contributed by atoms with Crippen molar-refractivity contribution < 1.29 is 27.8 Å². The number of aromatic amines is 1. The van der Waals surface area contributed by atoms with Crippen LogP contribution in [0.25, 0.3) is 21.8 Å². The topological polar surface area (TPSA) is 123 Å². The Kier molecular flexibility index (Phi) is 8.40. The van der Waals surface area contributed by atoms with Crippen molar-refractivity contribution in [3.63, 3.8) is 0 Å². The van der Waals surface area contributed by atoms with E-state index in [0.717, 1.165) is 32.2 Å². The molecule has 42 heavy (non-hydrogen) atoms. The molecule has 4 aromatic rings.